The molecular weight excluding hydrogens is 252 g/mol. The van der Waals surface area contributed by atoms with E-state index in [9.17, 15) is 4.79 Å². The normalized spacial score (nSPS) is 26.4. The maximum absolute atomic E-state index is 11.8. The van der Waals surface area contributed by atoms with Gasteiger partial charge in [-0.2, -0.15) is 0 Å². The van der Waals surface area contributed by atoms with Crippen molar-refractivity contribution in [1.29, 1.82) is 0 Å². The van der Waals surface area contributed by atoms with Crippen LogP contribution < -0.4 is 10.9 Å². The van der Waals surface area contributed by atoms with E-state index >= 15 is 0 Å². The Balaban J connectivity index is 2.03. The number of ether oxygens (including phenoxy) is 1. The zero-order chi connectivity index (χ0) is 14.5. The molecule has 2 atom stereocenters. The summed E-state index contributed by atoms with van der Waals surface area (Å²) in [5.41, 5.74) is 1.06. The topological polar surface area (TPSA) is 43.3 Å². The van der Waals surface area contributed by atoms with Gasteiger partial charge >= 0.3 is 0 Å². The van der Waals surface area contributed by atoms with Gasteiger partial charge in [0.15, 0.2) is 0 Å². The molecule has 0 radical (unpaired) electrons. The summed E-state index contributed by atoms with van der Waals surface area (Å²) in [4.78, 5) is 11.8. The average molecular weight is 278 g/mol. The monoisotopic (exact) mass is 278 g/mol. The van der Waals surface area contributed by atoms with Gasteiger partial charge in [0.05, 0.1) is 12.3 Å². The third-order valence-electron chi connectivity index (χ3n) is 4.07. The van der Waals surface area contributed by atoms with E-state index in [1.54, 1.807) is 17.7 Å². The lowest BCUT2D eigenvalue weighted by Crippen LogP contribution is -2.31. The molecule has 2 rings (SSSR count). The molecule has 1 aromatic rings. The minimum Gasteiger partial charge on any atom is -0.383 e. The molecule has 20 heavy (non-hydrogen) atoms. The predicted molar refractivity (Wildman–Crippen MR) is 82.2 cm³/mol. The number of pyridine rings is 1. The van der Waals surface area contributed by atoms with Gasteiger partial charge in [0.1, 0.15) is 0 Å². The van der Waals surface area contributed by atoms with Crippen LogP contribution in [0.25, 0.3) is 0 Å². The van der Waals surface area contributed by atoms with Crippen molar-refractivity contribution in [2.75, 3.05) is 19.0 Å². The molecule has 4 nitrogen and oxygen atoms in total. The van der Waals surface area contributed by atoms with E-state index in [0.29, 0.717) is 19.2 Å². The number of anilines is 1. The quantitative estimate of drug-likeness (QED) is 0.900. The van der Waals surface area contributed by atoms with E-state index in [-0.39, 0.29) is 5.56 Å². The van der Waals surface area contributed by atoms with Gasteiger partial charge in [-0.05, 0) is 37.2 Å². The highest BCUT2D eigenvalue weighted by atomic mass is 16.5. The first kappa shape index (κ1) is 15.1. The van der Waals surface area contributed by atoms with Gasteiger partial charge in [0, 0.05) is 32.0 Å². The highest BCUT2D eigenvalue weighted by Gasteiger charge is 2.23. The molecule has 1 aromatic heterocycles. The van der Waals surface area contributed by atoms with Crippen molar-refractivity contribution in [1.82, 2.24) is 4.57 Å². The fourth-order valence-electron chi connectivity index (χ4n) is 3.28. The molecule has 2 unspecified atom stereocenters. The SMILES string of the molecule is COCCn1cc(NC2CC(C)CC(C)C2)ccc1=O. The lowest BCUT2D eigenvalue weighted by Gasteiger charge is -2.32. The molecule has 0 aliphatic heterocycles. The second-order valence-electron chi connectivity index (χ2n) is 6.20. The molecule has 0 aromatic carbocycles. The molecule has 1 saturated carbocycles. The van der Waals surface area contributed by atoms with Crippen molar-refractivity contribution in [3.8, 4) is 0 Å². The van der Waals surface area contributed by atoms with Crippen LogP contribution in [0, 0.1) is 11.8 Å². The Morgan fingerprint density at radius 2 is 1.95 bits per heavy atom. The molecule has 1 heterocycles. The van der Waals surface area contributed by atoms with Crippen LogP contribution in [0.3, 0.4) is 0 Å². The molecule has 0 bridgehead atoms. The molecule has 4 heteroatoms. The molecule has 0 amide bonds. The summed E-state index contributed by atoms with van der Waals surface area (Å²) in [6.45, 7) is 5.80. The van der Waals surface area contributed by atoms with E-state index in [4.69, 9.17) is 4.74 Å². The highest BCUT2D eigenvalue weighted by molar-refractivity contribution is 5.41. The first-order valence-electron chi connectivity index (χ1n) is 7.54. The number of nitrogens with one attached hydrogen (secondary N) is 1. The number of nitrogens with zero attached hydrogens (tertiary/aromatic N) is 1. The third-order valence-corrected chi connectivity index (χ3v) is 4.07. The van der Waals surface area contributed by atoms with Crippen molar-refractivity contribution < 1.29 is 4.74 Å². The number of hydrogen-bond acceptors (Lipinski definition) is 3. The minimum atomic E-state index is 0.0259. The lowest BCUT2D eigenvalue weighted by atomic mass is 9.80. The van der Waals surface area contributed by atoms with E-state index in [0.717, 1.165) is 17.5 Å². The van der Waals surface area contributed by atoms with Crippen LogP contribution >= 0.6 is 0 Å². The van der Waals surface area contributed by atoms with Crippen LogP contribution in [0.15, 0.2) is 23.1 Å². The zero-order valence-corrected chi connectivity index (χ0v) is 12.8. The first-order valence-corrected chi connectivity index (χ1v) is 7.54. The molecule has 0 saturated heterocycles. The van der Waals surface area contributed by atoms with Crippen LogP contribution in [0.4, 0.5) is 5.69 Å². The Labute approximate surface area is 121 Å². The standard InChI is InChI=1S/C16H26N2O2/c1-12-8-13(2)10-15(9-12)17-14-4-5-16(19)18(11-14)6-7-20-3/h4-5,11-13,15,17H,6-10H2,1-3H3. The van der Waals surface area contributed by atoms with E-state index < -0.39 is 0 Å². The number of hydrogen-bond donors (Lipinski definition) is 1. The molecule has 1 N–H and O–H groups in total. The number of aromatic nitrogens is 1. The molecule has 112 valence electrons. The van der Waals surface area contributed by atoms with Gasteiger partial charge in [-0.25, -0.2) is 0 Å². The van der Waals surface area contributed by atoms with Gasteiger partial charge in [-0.15, -0.1) is 0 Å². The summed E-state index contributed by atoms with van der Waals surface area (Å²) >= 11 is 0. The molecule has 1 aliphatic rings. The fraction of sp³-hybridized carbons (Fsp3) is 0.688. The third kappa shape index (κ3) is 4.10. The smallest absolute Gasteiger partial charge is 0.250 e. The Bertz CT molecular complexity index is 474. The zero-order valence-electron chi connectivity index (χ0n) is 12.8. The molecule has 1 fully saturated rings. The van der Waals surface area contributed by atoms with Gasteiger partial charge in [-0.3, -0.25) is 4.79 Å². The predicted octanol–water partition coefficient (Wildman–Crippen LogP) is 2.73. The maximum atomic E-state index is 11.8. The minimum absolute atomic E-state index is 0.0259. The summed E-state index contributed by atoms with van der Waals surface area (Å²) < 4.78 is 6.75. The van der Waals surface area contributed by atoms with Gasteiger partial charge in [0.2, 0.25) is 0 Å². The van der Waals surface area contributed by atoms with Crippen molar-refractivity contribution in [2.45, 2.75) is 45.7 Å². The Kier molecular flexibility index (Phi) is 5.24. The molecule has 1 aliphatic carbocycles. The summed E-state index contributed by atoms with van der Waals surface area (Å²) in [6.07, 6.45) is 5.65. The summed E-state index contributed by atoms with van der Waals surface area (Å²) in [5, 5.41) is 3.59. The Morgan fingerprint density at radius 3 is 2.60 bits per heavy atom. The second-order valence-corrected chi connectivity index (χ2v) is 6.20. The van der Waals surface area contributed by atoms with Crippen LogP contribution in [0.1, 0.15) is 33.1 Å². The van der Waals surface area contributed by atoms with E-state index in [2.05, 4.69) is 19.2 Å². The second kappa shape index (κ2) is 6.93. The number of methoxy groups -OCH3 is 1. The average Bonchev–Trinajstić information content (AvgIpc) is 2.38. The van der Waals surface area contributed by atoms with Crippen LogP contribution in [-0.4, -0.2) is 24.3 Å². The summed E-state index contributed by atoms with van der Waals surface area (Å²) in [5.74, 6) is 1.55. The van der Waals surface area contributed by atoms with Crippen molar-refractivity contribution in [2.24, 2.45) is 11.8 Å². The maximum Gasteiger partial charge on any atom is 0.250 e. The fourth-order valence-corrected chi connectivity index (χ4v) is 3.28. The lowest BCUT2D eigenvalue weighted by molar-refractivity contribution is 0.186. The van der Waals surface area contributed by atoms with Crippen molar-refractivity contribution in [3.63, 3.8) is 0 Å². The van der Waals surface area contributed by atoms with E-state index in [1.165, 1.54) is 19.3 Å². The first-order chi connectivity index (χ1) is 9.58. The largest absolute Gasteiger partial charge is 0.383 e. The van der Waals surface area contributed by atoms with Crippen LogP contribution in [-0.2, 0) is 11.3 Å². The van der Waals surface area contributed by atoms with Crippen LogP contribution in [0.5, 0.6) is 0 Å². The highest BCUT2D eigenvalue weighted by Crippen LogP contribution is 2.30. The Hall–Kier alpha value is -1.29. The Morgan fingerprint density at radius 1 is 1.25 bits per heavy atom. The summed E-state index contributed by atoms with van der Waals surface area (Å²) in [6, 6.07) is 4.03. The van der Waals surface area contributed by atoms with Gasteiger partial charge in [0.25, 0.3) is 5.56 Å². The van der Waals surface area contributed by atoms with Gasteiger partial charge < -0.3 is 14.6 Å². The van der Waals surface area contributed by atoms with Crippen molar-refractivity contribution in [3.05, 3.63) is 28.7 Å². The summed E-state index contributed by atoms with van der Waals surface area (Å²) in [7, 11) is 1.65. The van der Waals surface area contributed by atoms with E-state index in [1.807, 2.05) is 12.3 Å². The van der Waals surface area contributed by atoms with Crippen molar-refractivity contribution >= 4 is 5.69 Å². The molecule has 0 spiro atoms. The molecular formula is C16H26N2O2. The van der Waals surface area contributed by atoms with Gasteiger partial charge in [-0.1, -0.05) is 13.8 Å². The number of rotatable bonds is 5. The van der Waals surface area contributed by atoms with Crippen LogP contribution in [0.2, 0.25) is 0 Å².